The first kappa shape index (κ1) is 16.9. The van der Waals surface area contributed by atoms with Gasteiger partial charge in [-0.05, 0) is 69.6 Å². The zero-order valence-corrected chi connectivity index (χ0v) is 19.1. The van der Waals surface area contributed by atoms with Crippen LogP contribution in [0.15, 0.2) is 83.4 Å². The molecule has 0 amide bonds. The monoisotopic (exact) mass is 432 g/mol. The number of aryl methyl sites for hydroxylation is 1. The summed E-state index contributed by atoms with van der Waals surface area (Å²) in [6.07, 6.45) is 2.16. The van der Waals surface area contributed by atoms with Gasteiger partial charge in [0.25, 0.3) is 0 Å². The van der Waals surface area contributed by atoms with Crippen LogP contribution in [0.5, 0.6) is 0 Å². The Morgan fingerprint density at radius 3 is 2.52 bits per heavy atom. The van der Waals surface area contributed by atoms with Gasteiger partial charge in [0.15, 0.2) is 0 Å². The molecule has 162 valence electrons. The molecule has 6 rings (SSSR count). The van der Waals surface area contributed by atoms with E-state index in [2.05, 4.69) is 74.3 Å². The van der Waals surface area contributed by atoms with Crippen molar-refractivity contribution in [2.24, 2.45) is 5.41 Å². The predicted molar refractivity (Wildman–Crippen MR) is 140 cm³/mol. The third kappa shape index (κ3) is 3.29. The van der Waals surface area contributed by atoms with E-state index in [9.17, 15) is 0 Å². The Morgan fingerprint density at radius 2 is 1.67 bits per heavy atom. The minimum Gasteiger partial charge on any atom is -0.455 e. The summed E-state index contributed by atoms with van der Waals surface area (Å²) in [4.78, 5) is 4.61. The highest BCUT2D eigenvalue weighted by atomic mass is 16.3. The fourth-order valence-corrected chi connectivity index (χ4v) is 4.95. The van der Waals surface area contributed by atoms with E-state index in [-0.39, 0.29) is 5.41 Å². The summed E-state index contributed by atoms with van der Waals surface area (Å²) in [5.41, 5.74) is 4.24. The predicted octanol–water partition coefficient (Wildman–Crippen LogP) is 8.85. The van der Waals surface area contributed by atoms with Crippen LogP contribution in [0.1, 0.15) is 36.0 Å². The lowest BCUT2D eigenvalue weighted by Crippen LogP contribution is -2.10. The highest BCUT2D eigenvalue weighted by Gasteiger charge is 2.18. The molecule has 0 spiro atoms. The van der Waals surface area contributed by atoms with Crippen molar-refractivity contribution in [1.29, 1.82) is 0 Å². The maximum Gasteiger partial charge on any atom is 0.144 e. The van der Waals surface area contributed by atoms with Gasteiger partial charge in [-0.15, -0.1) is 0 Å². The maximum atomic E-state index is 8.01. The standard InChI is InChI=1S/C31H27NO/c1-19-18-32-27(16-21(19)17-31(2,3)4)25-10-7-11-26-29-24-13-12-20-8-5-6-9-22(20)23(24)14-15-28(29)33-30(25)26/h5-16,18H,17H2,1-4H3/i1D3. The molecule has 0 N–H and O–H groups in total. The third-order valence-corrected chi connectivity index (χ3v) is 6.37. The molecule has 0 unspecified atom stereocenters. The molecule has 0 atom stereocenters. The van der Waals surface area contributed by atoms with Crippen molar-refractivity contribution in [2.75, 3.05) is 0 Å². The molecule has 0 saturated heterocycles. The molecule has 0 aliphatic heterocycles. The zero-order valence-electron chi connectivity index (χ0n) is 22.1. The number of hydrogen-bond acceptors (Lipinski definition) is 2. The summed E-state index contributed by atoms with van der Waals surface area (Å²) < 4.78 is 30.5. The number of fused-ring (bicyclic) bond motifs is 7. The molecular formula is C31H27NO. The normalized spacial score (nSPS) is 14.1. The SMILES string of the molecule is [2H]C([2H])([2H])c1cnc(-c2cccc3c2oc2ccc4c5ccccc5ccc4c23)cc1CC(C)(C)C. The number of aromatic nitrogens is 1. The number of pyridine rings is 1. The summed E-state index contributed by atoms with van der Waals surface area (Å²) >= 11 is 0. The van der Waals surface area contributed by atoms with Gasteiger partial charge < -0.3 is 4.42 Å². The van der Waals surface area contributed by atoms with Crippen molar-refractivity contribution in [3.8, 4) is 11.3 Å². The molecule has 0 aliphatic rings. The van der Waals surface area contributed by atoms with Crippen molar-refractivity contribution in [3.05, 3.63) is 90.1 Å². The average molecular weight is 433 g/mol. The minimum atomic E-state index is -2.21. The average Bonchev–Trinajstić information content (AvgIpc) is 3.21. The van der Waals surface area contributed by atoms with E-state index >= 15 is 0 Å². The molecule has 0 fully saturated rings. The third-order valence-electron chi connectivity index (χ3n) is 6.37. The number of rotatable bonds is 2. The van der Waals surface area contributed by atoms with Crippen molar-refractivity contribution >= 4 is 43.5 Å². The first-order valence-corrected chi connectivity index (χ1v) is 11.4. The van der Waals surface area contributed by atoms with Gasteiger partial charge in [-0.3, -0.25) is 4.98 Å². The van der Waals surface area contributed by atoms with Crippen LogP contribution in [0.2, 0.25) is 0 Å². The van der Waals surface area contributed by atoms with E-state index in [1.165, 1.54) is 22.4 Å². The van der Waals surface area contributed by atoms with E-state index in [4.69, 9.17) is 8.53 Å². The van der Waals surface area contributed by atoms with Gasteiger partial charge in [0.2, 0.25) is 0 Å². The molecular weight excluding hydrogens is 402 g/mol. The van der Waals surface area contributed by atoms with Gasteiger partial charge in [-0.2, -0.15) is 0 Å². The molecule has 6 aromatic rings. The Hall–Kier alpha value is -3.65. The number of para-hydroxylation sites is 1. The van der Waals surface area contributed by atoms with Crippen molar-refractivity contribution in [2.45, 2.75) is 34.0 Å². The maximum absolute atomic E-state index is 8.01. The van der Waals surface area contributed by atoms with Gasteiger partial charge in [-0.1, -0.05) is 75.4 Å². The van der Waals surface area contributed by atoms with Gasteiger partial charge in [0, 0.05) is 26.6 Å². The summed E-state index contributed by atoms with van der Waals surface area (Å²) in [7, 11) is 0. The summed E-state index contributed by atoms with van der Waals surface area (Å²) in [6.45, 7) is 4.14. The second kappa shape index (κ2) is 7.18. The first-order valence-electron chi connectivity index (χ1n) is 12.9. The fraction of sp³-hybridized carbons (Fsp3) is 0.194. The fourth-order valence-electron chi connectivity index (χ4n) is 4.95. The highest BCUT2D eigenvalue weighted by molar-refractivity contribution is 6.24. The quantitative estimate of drug-likeness (QED) is 0.255. The zero-order chi connectivity index (χ0) is 25.2. The second-order valence-corrected chi connectivity index (χ2v) is 10.1. The van der Waals surface area contributed by atoms with E-state index in [1.54, 1.807) is 0 Å². The van der Waals surface area contributed by atoms with Crippen LogP contribution in [0.4, 0.5) is 0 Å². The van der Waals surface area contributed by atoms with Gasteiger partial charge in [-0.25, -0.2) is 0 Å². The molecule has 2 heterocycles. The van der Waals surface area contributed by atoms with Crippen molar-refractivity contribution in [1.82, 2.24) is 4.98 Å². The van der Waals surface area contributed by atoms with Crippen LogP contribution in [0.25, 0.3) is 54.7 Å². The van der Waals surface area contributed by atoms with Crippen LogP contribution in [-0.4, -0.2) is 4.98 Å². The largest absolute Gasteiger partial charge is 0.455 e. The minimum absolute atomic E-state index is 0.0638. The summed E-state index contributed by atoms with van der Waals surface area (Å²) in [6, 6.07) is 25.0. The van der Waals surface area contributed by atoms with Crippen LogP contribution >= 0.6 is 0 Å². The van der Waals surface area contributed by atoms with E-state index in [0.717, 1.165) is 44.1 Å². The lowest BCUT2D eigenvalue weighted by Gasteiger charge is -2.20. The molecule has 4 aromatic carbocycles. The number of furan rings is 1. The Bertz CT molecular complexity index is 1790. The van der Waals surface area contributed by atoms with Gasteiger partial charge in [0.1, 0.15) is 11.2 Å². The molecule has 0 bridgehead atoms. The first-order chi connectivity index (χ1) is 17.1. The molecule has 33 heavy (non-hydrogen) atoms. The Morgan fingerprint density at radius 1 is 0.848 bits per heavy atom. The van der Waals surface area contributed by atoms with E-state index < -0.39 is 6.85 Å². The highest BCUT2D eigenvalue weighted by Crippen LogP contribution is 2.40. The molecule has 0 radical (unpaired) electrons. The van der Waals surface area contributed by atoms with E-state index in [0.29, 0.717) is 12.0 Å². The lowest BCUT2D eigenvalue weighted by atomic mass is 9.86. The smallest absolute Gasteiger partial charge is 0.144 e. The molecule has 0 aliphatic carbocycles. The molecule has 0 saturated carbocycles. The van der Waals surface area contributed by atoms with Crippen molar-refractivity contribution < 1.29 is 8.53 Å². The molecule has 2 aromatic heterocycles. The van der Waals surface area contributed by atoms with Gasteiger partial charge >= 0.3 is 0 Å². The van der Waals surface area contributed by atoms with Crippen molar-refractivity contribution in [3.63, 3.8) is 0 Å². The molecule has 2 nitrogen and oxygen atoms in total. The topological polar surface area (TPSA) is 26.0 Å². The number of hydrogen-bond donors (Lipinski definition) is 0. The van der Waals surface area contributed by atoms with E-state index in [1.807, 2.05) is 24.3 Å². The van der Waals surface area contributed by atoms with Crippen LogP contribution in [0, 0.1) is 12.3 Å². The Balaban J connectivity index is 1.61. The lowest BCUT2D eigenvalue weighted by molar-refractivity contribution is 0.410. The number of benzene rings is 4. The van der Waals surface area contributed by atoms with Crippen LogP contribution in [0.3, 0.4) is 0 Å². The summed E-state index contributed by atoms with van der Waals surface area (Å²) in [5.74, 6) is 0. The van der Waals surface area contributed by atoms with Gasteiger partial charge in [0.05, 0.1) is 5.69 Å². The second-order valence-electron chi connectivity index (χ2n) is 10.1. The summed E-state index contributed by atoms with van der Waals surface area (Å²) in [5, 5.41) is 6.90. The van der Waals surface area contributed by atoms with Crippen LogP contribution in [-0.2, 0) is 6.42 Å². The number of nitrogens with zero attached hydrogens (tertiary/aromatic N) is 1. The Kier molecular flexibility index (Phi) is 3.68. The van der Waals surface area contributed by atoms with Crippen LogP contribution < -0.4 is 0 Å². The Labute approximate surface area is 198 Å². The molecule has 2 heteroatoms.